The molecule has 0 spiro atoms. The quantitative estimate of drug-likeness (QED) is 0.844. The summed E-state index contributed by atoms with van der Waals surface area (Å²) < 4.78 is 40.9. The molecule has 0 saturated carbocycles. The maximum Gasteiger partial charge on any atom is 0.244 e. The maximum atomic E-state index is 13.9. The first-order valence-corrected chi connectivity index (χ1v) is 8.51. The standard InChI is InChI=1S/C13H16FN3O2S2/c1-7-4-10(14)12(5-11(7)15)21(18,19)17-9(3)13-16-6-8(2)20-13/h4-6,9,17H,15H2,1-3H3. The van der Waals surface area contributed by atoms with E-state index in [1.165, 1.54) is 11.3 Å². The van der Waals surface area contributed by atoms with Crippen molar-refractivity contribution in [3.05, 3.63) is 39.6 Å². The van der Waals surface area contributed by atoms with Gasteiger partial charge >= 0.3 is 0 Å². The van der Waals surface area contributed by atoms with E-state index in [4.69, 9.17) is 5.73 Å². The SMILES string of the molecule is Cc1cnc(C(C)NS(=O)(=O)c2cc(N)c(C)cc2F)s1. The van der Waals surface area contributed by atoms with E-state index in [2.05, 4.69) is 9.71 Å². The van der Waals surface area contributed by atoms with Crippen molar-refractivity contribution in [1.29, 1.82) is 0 Å². The van der Waals surface area contributed by atoms with Gasteiger partial charge in [0.05, 0.1) is 6.04 Å². The normalized spacial score (nSPS) is 13.3. The lowest BCUT2D eigenvalue weighted by molar-refractivity contribution is 0.546. The summed E-state index contributed by atoms with van der Waals surface area (Å²) in [6.45, 7) is 5.15. The van der Waals surface area contributed by atoms with Gasteiger partial charge in [-0.1, -0.05) is 0 Å². The third-order valence-corrected chi connectivity index (χ3v) is 5.60. The Morgan fingerprint density at radius 2 is 2.05 bits per heavy atom. The zero-order valence-corrected chi connectivity index (χ0v) is 13.5. The third kappa shape index (κ3) is 3.39. The first-order valence-electron chi connectivity index (χ1n) is 6.21. The number of nitrogens with one attached hydrogen (secondary N) is 1. The van der Waals surface area contributed by atoms with Gasteiger partial charge < -0.3 is 5.73 Å². The van der Waals surface area contributed by atoms with Gasteiger partial charge in [-0.3, -0.25) is 0 Å². The molecule has 3 N–H and O–H groups in total. The average Bonchev–Trinajstić information content (AvgIpc) is 2.80. The molecule has 0 aliphatic heterocycles. The number of nitrogens with zero attached hydrogens (tertiary/aromatic N) is 1. The first-order chi connectivity index (χ1) is 9.70. The summed E-state index contributed by atoms with van der Waals surface area (Å²) >= 11 is 1.39. The number of aryl methyl sites for hydroxylation is 2. The number of hydrogen-bond donors (Lipinski definition) is 2. The fraction of sp³-hybridized carbons (Fsp3) is 0.308. The molecule has 0 aliphatic carbocycles. The average molecular weight is 329 g/mol. The Hall–Kier alpha value is -1.51. The van der Waals surface area contributed by atoms with Crippen LogP contribution < -0.4 is 10.5 Å². The van der Waals surface area contributed by atoms with E-state index in [9.17, 15) is 12.8 Å². The van der Waals surface area contributed by atoms with Gasteiger partial charge in [0.1, 0.15) is 15.7 Å². The molecule has 0 saturated heterocycles. The number of anilines is 1. The number of hydrogen-bond acceptors (Lipinski definition) is 5. The molecule has 0 bridgehead atoms. The molecule has 8 heteroatoms. The summed E-state index contributed by atoms with van der Waals surface area (Å²) in [6.07, 6.45) is 1.66. The predicted octanol–water partition coefficient (Wildman–Crippen LogP) is 2.52. The van der Waals surface area contributed by atoms with Crippen LogP contribution in [-0.4, -0.2) is 13.4 Å². The first kappa shape index (κ1) is 15.9. The van der Waals surface area contributed by atoms with Crippen LogP contribution in [0.15, 0.2) is 23.2 Å². The van der Waals surface area contributed by atoms with E-state index in [-0.39, 0.29) is 5.69 Å². The van der Waals surface area contributed by atoms with Crippen molar-refractivity contribution in [2.24, 2.45) is 0 Å². The van der Waals surface area contributed by atoms with Crippen molar-refractivity contribution in [1.82, 2.24) is 9.71 Å². The fourth-order valence-electron chi connectivity index (χ4n) is 1.79. The molecule has 5 nitrogen and oxygen atoms in total. The van der Waals surface area contributed by atoms with Crippen LogP contribution in [-0.2, 0) is 10.0 Å². The minimum absolute atomic E-state index is 0.231. The molecule has 0 amide bonds. The van der Waals surface area contributed by atoms with Gasteiger partial charge in [0.15, 0.2) is 0 Å². The van der Waals surface area contributed by atoms with Gasteiger partial charge in [-0.15, -0.1) is 11.3 Å². The maximum absolute atomic E-state index is 13.9. The molecular formula is C13H16FN3O2S2. The van der Waals surface area contributed by atoms with E-state index in [1.54, 1.807) is 20.0 Å². The lowest BCUT2D eigenvalue weighted by Crippen LogP contribution is -2.27. The second-order valence-corrected chi connectivity index (χ2v) is 7.74. The highest BCUT2D eigenvalue weighted by Gasteiger charge is 2.24. The zero-order chi connectivity index (χ0) is 15.8. The predicted molar refractivity (Wildman–Crippen MR) is 81.1 cm³/mol. The van der Waals surface area contributed by atoms with Gasteiger partial charge in [0, 0.05) is 16.8 Å². The van der Waals surface area contributed by atoms with Crippen LogP contribution >= 0.6 is 11.3 Å². The Balaban J connectivity index is 2.32. The summed E-state index contributed by atoms with van der Waals surface area (Å²) in [5.74, 6) is -0.822. The van der Waals surface area contributed by atoms with Crippen molar-refractivity contribution in [3.8, 4) is 0 Å². The number of aromatic nitrogens is 1. The highest BCUT2D eigenvalue weighted by molar-refractivity contribution is 7.89. The largest absolute Gasteiger partial charge is 0.398 e. The summed E-state index contributed by atoms with van der Waals surface area (Å²) in [6, 6.07) is 1.70. The highest BCUT2D eigenvalue weighted by atomic mass is 32.2. The minimum atomic E-state index is -4.01. The van der Waals surface area contributed by atoms with Crippen molar-refractivity contribution >= 4 is 27.0 Å². The molecule has 1 heterocycles. The number of sulfonamides is 1. The molecular weight excluding hydrogens is 313 g/mol. The Labute approximate surface area is 127 Å². The lowest BCUT2D eigenvalue weighted by Gasteiger charge is -2.13. The zero-order valence-electron chi connectivity index (χ0n) is 11.8. The second-order valence-electron chi connectivity index (χ2n) is 4.79. The Morgan fingerprint density at radius 3 is 2.62 bits per heavy atom. The van der Waals surface area contributed by atoms with Gasteiger partial charge in [-0.2, -0.15) is 0 Å². The summed E-state index contributed by atoms with van der Waals surface area (Å²) in [5, 5.41) is 0.622. The smallest absolute Gasteiger partial charge is 0.244 e. The molecule has 21 heavy (non-hydrogen) atoms. The Morgan fingerprint density at radius 1 is 1.38 bits per heavy atom. The van der Waals surface area contributed by atoms with Crippen LogP contribution in [0.5, 0.6) is 0 Å². The van der Waals surface area contributed by atoms with Gasteiger partial charge in [0.25, 0.3) is 0 Å². The molecule has 1 aromatic heterocycles. The second kappa shape index (κ2) is 5.70. The highest BCUT2D eigenvalue weighted by Crippen LogP contribution is 2.25. The molecule has 0 fully saturated rings. The summed E-state index contributed by atoms with van der Waals surface area (Å²) in [5.41, 5.74) is 6.39. The molecule has 0 aliphatic rings. The van der Waals surface area contributed by atoms with Crippen molar-refractivity contribution in [2.45, 2.75) is 31.7 Å². The summed E-state index contributed by atoms with van der Waals surface area (Å²) in [7, 11) is -4.01. The molecule has 1 aromatic carbocycles. The minimum Gasteiger partial charge on any atom is -0.398 e. The molecule has 2 rings (SSSR count). The van der Waals surface area contributed by atoms with Crippen LogP contribution in [0, 0.1) is 19.7 Å². The number of thiazole rings is 1. The lowest BCUT2D eigenvalue weighted by atomic mass is 10.2. The summed E-state index contributed by atoms with van der Waals surface area (Å²) in [4.78, 5) is 4.64. The number of nitrogens with two attached hydrogens (primary N) is 1. The third-order valence-electron chi connectivity index (χ3n) is 2.95. The molecule has 1 unspecified atom stereocenters. The number of halogens is 1. The Kier molecular flexibility index (Phi) is 4.31. The van der Waals surface area contributed by atoms with Crippen molar-refractivity contribution in [2.75, 3.05) is 5.73 Å². The Bertz CT molecular complexity index is 772. The van der Waals surface area contributed by atoms with E-state index < -0.39 is 26.8 Å². The van der Waals surface area contributed by atoms with E-state index in [0.29, 0.717) is 10.6 Å². The van der Waals surface area contributed by atoms with Crippen molar-refractivity contribution < 1.29 is 12.8 Å². The van der Waals surface area contributed by atoms with Gasteiger partial charge in [-0.25, -0.2) is 22.5 Å². The van der Waals surface area contributed by atoms with E-state index >= 15 is 0 Å². The van der Waals surface area contributed by atoms with Crippen LogP contribution in [0.1, 0.15) is 28.4 Å². The number of nitrogen functional groups attached to an aromatic ring is 1. The van der Waals surface area contributed by atoms with Crippen LogP contribution in [0.25, 0.3) is 0 Å². The van der Waals surface area contributed by atoms with Crippen LogP contribution in [0.3, 0.4) is 0 Å². The van der Waals surface area contributed by atoms with E-state index in [0.717, 1.165) is 17.0 Å². The fourth-order valence-corrected chi connectivity index (χ4v) is 3.95. The number of benzene rings is 1. The molecule has 0 radical (unpaired) electrons. The van der Waals surface area contributed by atoms with Crippen LogP contribution in [0.4, 0.5) is 10.1 Å². The van der Waals surface area contributed by atoms with Gasteiger partial charge in [0.2, 0.25) is 10.0 Å². The molecule has 1 atom stereocenters. The van der Waals surface area contributed by atoms with E-state index in [1.807, 2.05) is 6.92 Å². The molecule has 2 aromatic rings. The number of rotatable bonds is 4. The van der Waals surface area contributed by atoms with Gasteiger partial charge in [-0.05, 0) is 38.5 Å². The monoisotopic (exact) mass is 329 g/mol. The topological polar surface area (TPSA) is 85.1 Å². The molecule has 114 valence electrons. The van der Waals surface area contributed by atoms with Crippen molar-refractivity contribution in [3.63, 3.8) is 0 Å². The van der Waals surface area contributed by atoms with Crippen LogP contribution in [0.2, 0.25) is 0 Å².